The summed E-state index contributed by atoms with van der Waals surface area (Å²) < 4.78 is 51.8. The van der Waals surface area contributed by atoms with Gasteiger partial charge in [-0.05, 0) is 29.8 Å². The zero-order valence-electron chi connectivity index (χ0n) is 11.8. The second kappa shape index (κ2) is 5.37. The maximum absolute atomic E-state index is 12.6. The zero-order chi connectivity index (χ0) is 16.7. The van der Waals surface area contributed by atoms with Crippen LogP contribution in [0.5, 0.6) is 0 Å². The molecule has 8 heteroatoms. The molecule has 2 aromatic carbocycles. The Morgan fingerprint density at radius 3 is 2.61 bits per heavy atom. The molecule has 118 valence electrons. The summed E-state index contributed by atoms with van der Waals surface area (Å²) in [6, 6.07) is 14.0. The fraction of sp³-hybridized carbons (Fsp3) is 0.133. The molecule has 0 unspecified atom stereocenters. The summed E-state index contributed by atoms with van der Waals surface area (Å²) in [4.78, 5) is 0.0566. The van der Waals surface area contributed by atoms with E-state index in [9.17, 15) is 16.8 Å². The van der Waals surface area contributed by atoms with Crippen LogP contribution >= 0.6 is 0 Å². The molecule has 0 fully saturated rings. The molecule has 3 rings (SSSR count). The third-order valence-electron chi connectivity index (χ3n) is 3.60. The van der Waals surface area contributed by atoms with E-state index in [1.54, 1.807) is 24.3 Å². The SMILES string of the molecule is N#Cc1cccc(NS(=O)(=O)[C@H]2CS(=O)(=O)c3ccccc32)c1. The fourth-order valence-electron chi connectivity index (χ4n) is 2.55. The summed E-state index contributed by atoms with van der Waals surface area (Å²) in [7, 11) is -7.58. The maximum Gasteiger partial charge on any atom is 0.240 e. The summed E-state index contributed by atoms with van der Waals surface area (Å²) >= 11 is 0. The smallest absolute Gasteiger partial charge is 0.240 e. The van der Waals surface area contributed by atoms with Gasteiger partial charge in [-0.2, -0.15) is 5.26 Å². The third kappa shape index (κ3) is 2.81. The minimum Gasteiger partial charge on any atom is -0.283 e. The minimum absolute atomic E-state index is 0.0566. The van der Waals surface area contributed by atoms with Gasteiger partial charge in [0.2, 0.25) is 10.0 Å². The quantitative estimate of drug-likeness (QED) is 0.911. The van der Waals surface area contributed by atoms with Gasteiger partial charge in [0.1, 0.15) is 5.25 Å². The second-order valence-corrected chi connectivity index (χ2v) is 9.01. The monoisotopic (exact) mass is 348 g/mol. The third-order valence-corrected chi connectivity index (χ3v) is 7.31. The van der Waals surface area contributed by atoms with E-state index in [0.717, 1.165) is 0 Å². The molecule has 0 amide bonds. The molecule has 1 N–H and O–H groups in total. The fourth-order valence-corrected chi connectivity index (χ4v) is 6.63. The van der Waals surface area contributed by atoms with Gasteiger partial charge in [-0.25, -0.2) is 16.8 Å². The lowest BCUT2D eigenvalue weighted by Crippen LogP contribution is -2.22. The predicted molar refractivity (Wildman–Crippen MR) is 84.9 cm³/mol. The molecule has 0 spiro atoms. The van der Waals surface area contributed by atoms with Crippen molar-refractivity contribution in [2.24, 2.45) is 0 Å². The molecule has 0 aliphatic carbocycles. The molecule has 1 aliphatic heterocycles. The molecule has 6 nitrogen and oxygen atoms in total. The van der Waals surface area contributed by atoms with Crippen molar-refractivity contribution < 1.29 is 16.8 Å². The van der Waals surface area contributed by atoms with Gasteiger partial charge in [-0.15, -0.1) is 0 Å². The van der Waals surface area contributed by atoms with Gasteiger partial charge in [0, 0.05) is 5.69 Å². The highest BCUT2D eigenvalue weighted by molar-refractivity contribution is 7.96. The van der Waals surface area contributed by atoms with E-state index >= 15 is 0 Å². The summed E-state index contributed by atoms with van der Waals surface area (Å²) in [6.45, 7) is 0. The average molecular weight is 348 g/mol. The Morgan fingerprint density at radius 2 is 1.87 bits per heavy atom. The van der Waals surface area contributed by atoms with Crippen molar-refractivity contribution >= 4 is 25.5 Å². The van der Waals surface area contributed by atoms with Crippen LogP contribution in [0.1, 0.15) is 16.4 Å². The number of nitrogens with zero attached hydrogens (tertiary/aromatic N) is 1. The number of nitrogens with one attached hydrogen (secondary N) is 1. The average Bonchev–Trinajstić information content (AvgIpc) is 2.80. The summed E-state index contributed by atoms with van der Waals surface area (Å²) in [5, 5.41) is 7.69. The zero-order valence-corrected chi connectivity index (χ0v) is 13.4. The van der Waals surface area contributed by atoms with Crippen molar-refractivity contribution in [1.82, 2.24) is 0 Å². The number of hydrogen-bond acceptors (Lipinski definition) is 5. The summed E-state index contributed by atoms with van der Waals surface area (Å²) in [5.41, 5.74) is 0.812. The molecule has 0 saturated heterocycles. The molecule has 0 saturated carbocycles. The van der Waals surface area contributed by atoms with Crippen LogP contribution in [-0.4, -0.2) is 22.6 Å². The number of sulfone groups is 1. The molecule has 1 aliphatic rings. The summed E-state index contributed by atoms with van der Waals surface area (Å²) in [5.74, 6) is -0.486. The molecular formula is C15H12N2O4S2. The molecule has 23 heavy (non-hydrogen) atoms. The number of rotatable bonds is 3. The largest absolute Gasteiger partial charge is 0.283 e. The van der Waals surface area contributed by atoms with Crippen LogP contribution in [0.15, 0.2) is 53.4 Å². The lowest BCUT2D eigenvalue weighted by molar-refractivity contribution is 0.586. The first kappa shape index (κ1) is 15.5. The van der Waals surface area contributed by atoms with Crippen molar-refractivity contribution in [2.75, 3.05) is 10.5 Å². The van der Waals surface area contributed by atoms with Crippen LogP contribution in [0.2, 0.25) is 0 Å². The maximum atomic E-state index is 12.6. The van der Waals surface area contributed by atoms with Crippen LogP contribution in [-0.2, 0) is 19.9 Å². The number of sulfonamides is 1. The van der Waals surface area contributed by atoms with Crippen LogP contribution in [0.25, 0.3) is 0 Å². The van der Waals surface area contributed by atoms with E-state index in [0.29, 0.717) is 5.56 Å². The van der Waals surface area contributed by atoms with E-state index in [4.69, 9.17) is 5.26 Å². The standard InChI is InChI=1S/C15H12N2O4S2/c16-9-11-4-3-5-12(8-11)17-23(20,21)15-10-22(18,19)14-7-2-1-6-13(14)15/h1-8,15,17H,10H2/t15-/m0/s1. The molecule has 1 heterocycles. The van der Waals surface area contributed by atoms with Gasteiger partial charge in [-0.1, -0.05) is 24.3 Å². The number of nitriles is 1. The first-order valence-corrected chi connectivity index (χ1v) is 9.87. The van der Waals surface area contributed by atoms with Gasteiger partial charge < -0.3 is 0 Å². The van der Waals surface area contributed by atoms with E-state index in [-0.39, 0.29) is 16.1 Å². The molecule has 2 aromatic rings. The van der Waals surface area contributed by atoms with Gasteiger partial charge >= 0.3 is 0 Å². The van der Waals surface area contributed by atoms with Crippen molar-refractivity contribution in [3.8, 4) is 6.07 Å². The molecule has 0 bridgehead atoms. The van der Waals surface area contributed by atoms with Gasteiger partial charge in [0.15, 0.2) is 9.84 Å². The van der Waals surface area contributed by atoms with E-state index in [1.165, 1.54) is 24.3 Å². The molecular weight excluding hydrogens is 336 g/mol. The van der Waals surface area contributed by atoms with Crippen LogP contribution in [0.3, 0.4) is 0 Å². The van der Waals surface area contributed by atoms with Crippen molar-refractivity contribution in [3.05, 3.63) is 59.7 Å². The van der Waals surface area contributed by atoms with Crippen molar-refractivity contribution in [2.45, 2.75) is 10.1 Å². The van der Waals surface area contributed by atoms with Crippen LogP contribution < -0.4 is 4.72 Å². The Kier molecular flexibility index (Phi) is 3.62. The Balaban J connectivity index is 2.00. The Labute approximate surface area is 134 Å². The molecule has 0 radical (unpaired) electrons. The first-order valence-electron chi connectivity index (χ1n) is 6.67. The predicted octanol–water partition coefficient (Wildman–Crippen LogP) is 1.83. The number of fused-ring (bicyclic) bond motifs is 1. The second-order valence-electron chi connectivity index (χ2n) is 5.15. The van der Waals surface area contributed by atoms with Crippen molar-refractivity contribution in [1.29, 1.82) is 5.26 Å². The van der Waals surface area contributed by atoms with E-state index in [2.05, 4.69) is 4.72 Å². The highest BCUT2D eigenvalue weighted by atomic mass is 32.2. The Hall–Kier alpha value is -2.37. The number of benzene rings is 2. The lowest BCUT2D eigenvalue weighted by atomic mass is 10.2. The van der Waals surface area contributed by atoms with Gasteiger partial charge in [-0.3, -0.25) is 4.72 Å². The molecule has 0 aromatic heterocycles. The van der Waals surface area contributed by atoms with E-state index in [1.807, 2.05) is 6.07 Å². The Bertz CT molecular complexity index is 1020. The number of hydrogen-bond donors (Lipinski definition) is 1. The first-order chi connectivity index (χ1) is 10.8. The number of anilines is 1. The topological polar surface area (TPSA) is 104 Å². The highest BCUT2D eigenvalue weighted by Gasteiger charge is 2.42. The summed E-state index contributed by atoms with van der Waals surface area (Å²) in [6.07, 6.45) is 0. The van der Waals surface area contributed by atoms with Crippen LogP contribution in [0.4, 0.5) is 5.69 Å². The highest BCUT2D eigenvalue weighted by Crippen LogP contribution is 2.38. The van der Waals surface area contributed by atoms with E-state index < -0.39 is 30.9 Å². The van der Waals surface area contributed by atoms with Gasteiger partial charge in [0.05, 0.1) is 22.3 Å². The molecule has 1 atom stereocenters. The van der Waals surface area contributed by atoms with Crippen molar-refractivity contribution in [3.63, 3.8) is 0 Å². The van der Waals surface area contributed by atoms with Crippen LogP contribution in [0, 0.1) is 11.3 Å². The Morgan fingerprint density at radius 1 is 1.13 bits per heavy atom. The normalized spacial score (nSPS) is 18.8. The lowest BCUT2D eigenvalue weighted by Gasteiger charge is -2.14. The minimum atomic E-state index is -3.96. The van der Waals surface area contributed by atoms with Gasteiger partial charge in [0.25, 0.3) is 0 Å².